The number of nitrogens with zero attached hydrogens (tertiary/aromatic N) is 1. The van der Waals surface area contributed by atoms with Gasteiger partial charge in [0.2, 0.25) is 5.71 Å². The van der Waals surface area contributed by atoms with E-state index < -0.39 is 29.7 Å². The summed E-state index contributed by atoms with van der Waals surface area (Å²) in [6, 6.07) is 17.3. The summed E-state index contributed by atoms with van der Waals surface area (Å²) in [5, 5.41) is 0. The van der Waals surface area contributed by atoms with Crippen LogP contribution in [0, 0.1) is 0 Å². The fourth-order valence-corrected chi connectivity index (χ4v) is 3.53. The summed E-state index contributed by atoms with van der Waals surface area (Å²) in [6.07, 6.45) is -1.83. The van der Waals surface area contributed by atoms with Gasteiger partial charge in [-0.2, -0.15) is 13.2 Å². The molecule has 1 aliphatic heterocycles. The lowest BCUT2D eigenvalue weighted by atomic mass is 9.41. The first-order valence-electron chi connectivity index (χ1n) is 9.42. The number of benzene rings is 2. The van der Waals surface area contributed by atoms with Gasteiger partial charge >= 0.3 is 12.7 Å². The Balaban J connectivity index is 2.37. The van der Waals surface area contributed by atoms with E-state index in [4.69, 9.17) is 4.65 Å². The number of rotatable bonds is 5. The number of hydrogen-bond acceptors (Lipinski definition) is 3. The van der Waals surface area contributed by atoms with Gasteiger partial charge in [0.25, 0.3) is 0 Å². The lowest BCUT2D eigenvalue weighted by Crippen LogP contribution is -3.03. The minimum Gasteiger partial charge on any atom is -0.651 e. The third-order valence-corrected chi connectivity index (χ3v) is 4.85. The summed E-state index contributed by atoms with van der Waals surface area (Å²) >= 11 is 0. The number of carbonyl (C=O) groups is 1. The molecule has 0 bridgehead atoms. The van der Waals surface area contributed by atoms with Gasteiger partial charge in [-0.1, -0.05) is 71.6 Å². The highest BCUT2D eigenvalue weighted by molar-refractivity contribution is 6.91. The lowest BCUT2D eigenvalue weighted by molar-refractivity contribution is -0.339. The number of nitrogens with one attached hydrogen (secondary N) is 1. The van der Waals surface area contributed by atoms with Crippen LogP contribution in [0.4, 0.5) is 13.2 Å². The fourth-order valence-electron chi connectivity index (χ4n) is 3.53. The Labute approximate surface area is 173 Å². The van der Waals surface area contributed by atoms with Crippen LogP contribution < -0.4 is 15.8 Å². The monoisotopic (exact) mass is 414 g/mol. The zero-order valence-electron chi connectivity index (χ0n) is 16.9. The van der Waals surface area contributed by atoms with E-state index in [0.29, 0.717) is 10.9 Å². The highest BCUT2D eigenvalue weighted by Gasteiger charge is 2.53. The molecule has 0 spiro atoms. The molecule has 0 aromatic heterocycles. The molecule has 0 amide bonds. The molecule has 0 fully saturated rings. The van der Waals surface area contributed by atoms with Gasteiger partial charge in [0.1, 0.15) is 5.57 Å². The van der Waals surface area contributed by atoms with Gasteiger partial charge < -0.3 is 14.5 Å². The van der Waals surface area contributed by atoms with Gasteiger partial charge in [-0.15, -0.1) is 0 Å². The lowest BCUT2D eigenvalue weighted by Gasteiger charge is -2.38. The third-order valence-electron chi connectivity index (χ3n) is 4.85. The van der Waals surface area contributed by atoms with Gasteiger partial charge in [0.15, 0.2) is 5.78 Å². The number of alkyl halides is 3. The molecule has 8 heteroatoms. The summed E-state index contributed by atoms with van der Waals surface area (Å²) in [7, 11) is 3.46. The number of allylic oxidation sites excluding steroid dienone is 2. The van der Waals surface area contributed by atoms with Crippen molar-refractivity contribution in [2.45, 2.75) is 13.1 Å². The second kappa shape index (κ2) is 8.22. The van der Waals surface area contributed by atoms with Crippen LogP contribution in [0.5, 0.6) is 0 Å². The van der Waals surface area contributed by atoms with Gasteiger partial charge in [-0.05, 0) is 13.0 Å². The van der Waals surface area contributed by atoms with Crippen LogP contribution in [0.2, 0.25) is 0 Å². The minimum absolute atomic E-state index is 0.130. The summed E-state index contributed by atoms with van der Waals surface area (Å²) in [5.74, 6) is -0.867. The van der Waals surface area contributed by atoms with Crippen molar-refractivity contribution in [1.82, 2.24) is 4.90 Å². The number of Topliss-reactive ketones (excluding diaryl/α,β-unsaturated/α-hetero) is 1. The second-order valence-corrected chi connectivity index (χ2v) is 7.32. The quantitative estimate of drug-likeness (QED) is 0.750. The fraction of sp³-hybridized carbons (Fsp3) is 0.182. The van der Waals surface area contributed by atoms with E-state index in [9.17, 15) is 18.0 Å². The number of halogens is 3. The highest BCUT2D eigenvalue weighted by atomic mass is 19.4. The standard InChI is InChI=1S/C22H22BF3N2O2/c1-16(29)20-19(14-15-28(2)3)30-23(17-10-6-4-7-11-17,18-12-8-5-9-13-18)27-21(20)22(24,25)26/h4-15,27H,1-3H3/b15-14+. The molecule has 156 valence electrons. The predicted molar refractivity (Wildman–Crippen MR) is 112 cm³/mol. The zero-order valence-corrected chi connectivity index (χ0v) is 16.9. The topological polar surface area (TPSA) is 43.5 Å². The van der Waals surface area contributed by atoms with Crippen LogP contribution in [0.1, 0.15) is 6.92 Å². The Kier molecular flexibility index (Phi) is 5.87. The van der Waals surface area contributed by atoms with E-state index in [-0.39, 0.29) is 5.76 Å². The Morgan fingerprint density at radius 2 is 1.50 bits per heavy atom. The number of carbonyl (C=O) groups excluding carboxylic acids is 1. The molecule has 0 radical (unpaired) electrons. The Hall–Kier alpha value is -3.29. The number of hydrogen-bond donors (Lipinski definition) is 1. The predicted octanol–water partition coefficient (Wildman–Crippen LogP) is 1.28. The first-order chi connectivity index (χ1) is 14.1. The van der Waals surface area contributed by atoms with Crippen molar-refractivity contribution in [3.63, 3.8) is 0 Å². The van der Waals surface area contributed by atoms with Gasteiger partial charge in [-0.3, -0.25) is 4.79 Å². The van der Waals surface area contributed by atoms with E-state index in [1.165, 1.54) is 6.08 Å². The second-order valence-electron chi connectivity index (χ2n) is 7.32. The minimum atomic E-state index is -4.78. The molecule has 2 aromatic carbocycles. The van der Waals surface area contributed by atoms with E-state index in [0.717, 1.165) is 6.92 Å². The van der Waals surface area contributed by atoms with Crippen molar-refractivity contribution in [3.05, 3.63) is 84.3 Å². The molecular weight excluding hydrogens is 392 g/mol. The Bertz CT molecular complexity index is 974. The molecule has 0 saturated heterocycles. The molecule has 0 saturated carbocycles. The smallest absolute Gasteiger partial charge is 0.507 e. The van der Waals surface area contributed by atoms with E-state index in [1.807, 2.05) is 0 Å². The van der Waals surface area contributed by atoms with E-state index >= 15 is 0 Å². The Morgan fingerprint density at radius 1 is 1.00 bits per heavy atom. The van der Waals surface area contributed by atoms with Crippen molar-refractivity contribution in [2.75, 3.05) is 14.1 Å². The summed E-state index contributed by atoms with van der Waals surface area (Å²) < 4.78 is 48.7. The first-order valence-corrected chi connectivity index (χ1v) is 9.42. The van der Waals surface area contributed by atoms with Crippen molar-refractivity contribution < 1.29 is 27.5 Å². The van der Waals surface area contributed by atoms with Gasteiger partial charge in [0.05, 0.1) is 5.76 Å². The van der Waals surface area contributed by atoms with Crippen LogP contribution >= 0.6 is 0 Å². The molecule has 0 atom stereocenters. The molecule has 0 unspecified atom stereocenters. The molecule has 2 aromatic rings. The van der Waals surface area contributed by atoms with Crippen LogP contribution in [0.25, 0.3) is 0 Å². The van der Waals surface area contributed by atoms with Crippen molar-refractivity contribution in [1.29, 1.82) is 0 Å². The summed E-state index contributed by atoms with van der Waals surface area (Å²) in [4.78, 5) is 16.5. The average molecular weight is 414 g/mol. The van der Waals surface area contributed by atoms with E-state index in [1.54, 1.807) is 85.9 Å². The van der Waals surface area contributed by atoms with Gasteiger partial charge in [-0.25, -0.2) is 0 Å². The van der Waals surface area contributed by atoms with Crippen molar-refractivity contribution in [2.24, 2.45) is 0 Å². The molecule has 4 nitrogen and oxygen atoms in total. The molecule has 3 rings (SSSR count). The average Bonchev–Trinajstić information content (AvgIpc) is 2.72. The molecule has 1 heterocycles. The van der Waals surface area contributed by atoms with Crippen LogP contribution in [-0.4, -0.2) is 43.2 Å². The summed E-state index contributed by atoms with van der Waals surface area (Å²) in [6.45, 7) is -1.45. The molecule has 0 aliphatic carbocycles. The van der Waals surface area contributed by atoms with Gasteiger partial charge in [0, 0.05) is 20.3 Å². The Morgan fingerprint density at radius 3 is 1.90 bits per heavy atom. The van der Waals surface area contributed by atoms with Crippen LogP contribution in [0.3, 0.4) is 0 Å². The zero-order chi connectivity index (χ0) is 21.9. The maximum atomic E-state index is 14.1. The molecule has 1 aliphatic rings. The summed E-state index contributed by atoms with van der Waals surface area (Å²) in [5.41, 5.74) is -0.565. The van der Waals surface area contributed by atoms with Crippen molar-refractivity contribution in [3.8, 4) is 0 Å². The first kappa shape index (κ1) is 21.4. The SMILES string of the molecule is CC(=O)C1=C(/C=C/N(C)C)O[B-](c2ccccc2)(c2ccccc2)[NH+]=C1C(F)(F)F. The molecule has 1 N–H and O–H groups in total. The maximum absolute atomic E-state index is 14.1. The molecular formula is C22H22BF3N2O2. The van der Waals surface area contributed by atoms with Crippen molar-refractivity contribution >= 4 is 28.9 Å². The normalized spacial score (nSPS) is 16.3. The maximum Gasteiger partial charge on any atom is 0.507 e. The van der Waals surface area contributed by atoms with Crippen LogP contribution in [0.15, 0.2) is 84.3 Å². The van der Waals surface area contributed by atoms with E-state index in [2.05, 4.69) is 4.90 Å². The largest absolute Gasteiger partial charge is 0.651 e. The number of ketones is 1. The highest BCUT2D eigenvalue weighted by Crippen LogP contribution is 2.26. The molecule has 30 heavy (non-hydrogen) atoms. The van der Waals surface area contributed by atoms with Crippen LogP contribution in [-0.2, 0) is 9.45 Å². The third kappa shape index (κ3) is 4.17.